The molecular weight excluding hydrogens is 230 g/mol. The van der Waals surface area contributed by atoms with Gasteiger partial charge in [0.1, 0.15) is 11.2 Å². The number of rotatable bonds is 1. The molecule has 1 unspecified atom stereocenters. The van der Waals surface area contributed by atoms with Crippen LogP contribution in [0.2, 0.25) is 0 Å². The smallest absolute Gasteiger partial charge is 0.190 e. The molecule has 1 atom stereocenters. The van der Waals surface area contributed by atoms with E-state index in [-0.39, 0.29) is 6.04 Å². The number of hydrazine groups is 1. The first-order valence-electron chi connectivity index (χ1n) is 6.07. The molecule has 1 saturated heterocycles. The molecule has 0 radical (unpaired) electrons. The van der Waals surface area contributed by atoms with Gasteiger partial charge in [-0.1, -0.05) is 5.16 Å². The van der Waals surface area contributed by atoms with Crippen LogP contribution in [0.25, 0.3) is 11.1 Å². The fourth-order valence-electron chi connectivity index (χ4n) is 2.45. The first-order chi connectivity index (χ1) is 8.66. The third kappa shape index (κ3) is 1.78. The molecule has 0 aliphatic carbocycles. The summed E-state index contributed by atoms with van der Waals surface area (Å²) in [6.45, 7) is 4.61. The zero-order valence-electron chi connectivity index (χ0n) is 10.6. The van der Waals surface area contributed by atoms with Crippen molar-refractivity contribution >= 4 is 11.1 Å². The summed E-state index contributed by atoms with van der Waals surface area (Å²) in [7, 11) is 2.10. The van der Waals surface area contributed by atoms with Crippen LogP contribution >= 0.6 is 0 Å². The SMILES string of the molecule is Cc1noc2c(C3CN(C)CCN3N)ccnc12. The van der Waals surface area contributed by atoms with Crippen LogP contribution in [0.3, 0.4) is 0 Å². The third-order valence-corrected chi connectivity index (χ3v) is 3.54. The van der Waals surface area contributed by atoms with Crippen molar-refractivity contribution in [2.24, 2.45) is 5.84 Å². The van der Waals surface area contributed by atoms with E-state index < -0.39 is 0 Å². The molecule has 0 saturated carbocycles. The van der Waals surface area contributed by atoms with E-state index >= 15 is 0 Å². The second-order valence-corrected chi connectivity index (χ2v) is 4.86. The van der Waals surface area contributed by atoms with Crippen LogP contribution in [0.5, 0.6) is 0 Å². The average Bonchev–Trinajstić information content (AvgIpc) is 2.75. The maximum Gasteiger partial charge on any atom is 0.190 e. The number of hydrogen-bond donors (Lipinski definition) is 1. The van der Waals surface area contributed by atoms with E-state index in [1.807, 2.05) is 18.0 Å². The lowest BCUT2D eigenvalue weighted by Gasteiger charge is -2.37. The van der Waals surface area contributed by atoms with Crippen molar-refractivity contribution in [1.82, 2.24) is 20.0 Å². The summed E-state index contributed by atoms with van der Waals surface area (Å²) in [6.07, 6.45) is 1.80. The molecule has 0 amide bonds. The Bertz CT molecular complexity index is 567. The van der Waals surface area contributed by atoms with Crippen LogP contribution in [0.4, 0.5) is 0 Å². The van der Waals surface area contributed by atoms with Crippen molar-refractivity contribution in [2.75, 3.05) is 26.7 Å². The zero-order valence-corrected chi connectivity index (χ0v) is 10.6. The van der Waals surface area contributed by atoms with Gasteiger partial charge in [0.2, 0.25) is 0 Å². The normalized spacial score (nSPS) is 22.7. The van der Waals surface area contributed by atoms with Gasteiger partial charge < -0.3 is 9.42 Å². The standard InChI is InChI=1S/C12H17N5O/c1-8-11-12(18-15-8)9(3-4-14-11)10-7-16(2)5-6-17(10)13/h3-4,10H,5-7,13H2,1-2H3. The predicted molar refractivity (Wildman–Crippen MR) is 67.7 cm³/mol. The first kappa shape index (κ1) is 11.6. The van der Waals surface area contributed by atoms with Gasteiger partial charge in [0, 0.05) is 31.4 Å². The zero-order chi connectivity index (χ0) is 12.7. The molecule has 2 aromatic rings. The summed E-state index contributed by atoms with van der Waals surface area (Å²) >= 11 is 0. The highest BCUT2D eigenvalue weighted by molar-refractivity contribution is 5.78. The van der Waals surface area contributed by atoms with Crippen molar-refractivity contribution < 1.29 is 4.52 Å². The van der Waals surface area contributed by atoms with E-state index in [1.54, 1.807) is 6.20 Å². The summed E-state index contributed by atoms with van der Waals surface area (Å²) in [6, 6.07) is 2.10. The lowest BCUT2D eigenvalue weighted by Crippen LogP contribution is -2.50. The van der Waals surface area contributed by atoms with Crippen molar-refractivity contribution in [3.8, 4) is 0 Å². The average molecular weight is 247 g/mol. The molecule has 2 N–H and O–H groups in total. The second-order valence-electron chi connectivity index (χ2n) is 4.86. The maximum absolute atomic E-state index is 6.10. The van der Waals surface area contributed by atoms with Crippen LogP contribution in [0.15, 0.2) is 16.8 Å². The number of likely N-dealkylation sites (N-methyl/N-ethyl adjacent to an activating group) is 1. The van der Waals surface area contributed by atoms with E-state index in [0.29, 0.717) is 0 Å². The minimum absolute atomic E-state index is 0.126. The lowest BCUT2D eigenvalue weighted by molar-refractivity contribution is 0.0906. The van der Waals surface area contributed by atoms with Gasteiger partial charge in [0.25, 0.3) is 0 Å². The molecule has 2 aromatic heterocycles. The van der Waals surface area contributed by atoms with Gasteiger partial charge >= 0.3 is 0 Å². The number of nitrogens with two attached hydrogens (primary N) is 1. The Morgan fingerprint density at radius 3 is 3.11 bits per heavy atom. The molecule has 1 aliphatic heterocycles. The van der Waals surface area contributed by atoms with Crippen LogP contribution in [-0.4, -0.2) is 46.7 Å². The molecule has 6 heteroatoms. The topological polar surface area (TPSA) is 71.4 Å². The van der Waals surface area contributed by atoms with Gasteiger partial charge in [-0.2, -0.15) is 0 Å². The van der Waals surface area contributed by atoms with Crippen LogP contribution in [-0.2, 0) is 0 Å². The number of nitrogens with zero attached hydrogens (tertiary/aromatic N) is 4. The van der Waals surface area contributed by atoms with Crippen molar-refractivity contribution in [3.05, 3.63) is 23.5 Å². The number of aromatic nitrogens is 2. The van der Waals surface area contributed by atoms with Gasteiger partial charge in [-0.05, 0) is 20.0 Å². The predicted octanol–water partition coefficient (Wildman–Crippen LogP) is 0.693. The Labute approximate surface area is 105 Å². The van der Waals surface area contributed by atoms with E-state index in [1.165, 1.54) is 0 Å². The maximum atomic E-state index is 6.10. The Kier molecular flexibility index (Phi) is 2.77. The van der Waals surface area contributed by atoms with Crippen molar-refractivity contribution in [2.45, 2.75) is 13.0 Å². The van der Waals surface area contributed by atoms with Gasteiger partial charge in [0.15, 0.2) is 5.58 Å². The summed E-state index contributed by atoms with van der Waals surface area (Å²) < 4.78 is 5.40. The molecule has 3 heterocycles. The van der Waals surface area contributed by atoms with E-state index in [2.05, 4.69) is 22.1 Å². The van der Waals surface area contributed by atoms with E-state index in [9.17, 15) is 0 Å². The first-order valence-corrected chi connectivity index (χ1v) is 6.07. The lowest BCUT2D eigenvalue weighted by atomic mass is 10.0. The highest BCUT2D eigenvalue weighted by Gasteiger charge is 2.27. The third-order valence-electron chi connectivity index (χ3n) is 3.54. The molecule has 3 rings (SSSR count). The Morgan fingerprint density at radius 1 is 1.44 bits per heavy atom. The molecule has 1 aliphatic rings. The molecule has 18 heavy (non-hydrogen) atoms. The minimum atomic E-state index is 0.126. The van der Waals surface area contributed by atoms with Gasteiger partial charge in [-0.15, -0.1) is 0 Å². The van der Waals surface area contributed by atoms with Gasteiger partial charge in [0.05, 0.1) is 6.04 Å². The number of hydrogen-bond acceptors (Lipinski definition) is 6. The van der Waals surface area contributed by atoms with Gasteiger partial charge in [-0.3, -0.25) is 10.8 Å². The van der Waals surface area contributed by atoms with Crippen LogP contribution in [0, 0.1) is 6.92 Å². The Morgan fingerprint density at radius 2 is 2.28 bits per heavy atom. The number of fused-ring (bicyclic) bond motifs is 1. The van der Waals surface area contributed by atoms with E-state index in [0.717, 1.165) is 42.0 Å². The summed E-state index contributed by atoms with van der Waals surface area (Å²) in [5.74, 6) is 6.10. The fourth-order valence-corrected chi connectivity index (χ4v) is 2.45. The molecule has 6 nitrogen and oxygen atoms in total. The fraction of sp³-hybridized carbons (Fsp3) is 0.500. The van der Waals surface area contributed by atoms with Crippen molar-refractivity contribution in [3.63, 3.8) is 0 Å². The molecule has 0 bridgehead atoms. The second kappa shape index (κ2) is 4.31. The highest BCUT2D eigenvalue weighted by atomic mass is 16.5. The minimum Gasteiger partial charge on any atom is -0.354 e. The number of aryl methyl sites for hydroxylation is 1. The van der Waals surface area contributed by atoms with Crippen molar-refractivity contribution in [1.29, 1.82) is 0 Å². The van der Waals surface area contributed by atoms with E-state index in [4.69, 9.17) is 10.4 Å². The highest BCUT2D eigenvalue weighted by Crippen LogP contribution is 2.29. The number of piperazine rings is 1. The molecule has 0 spiro atoms. The molecular formula is C12H17N5O. The Hall–Kier alpha value is -1.50. The summed E-state index contributed by atoms with van der Waals surface area (Å²) in [5.41, 5.74) is 3.47. The summed E-state index contributed by atoms with van der Waals surface area (Å²) in [4.78, 5) is 6.58. The van der Waals surface area contributed by atoms with Crippen LogP contribution in [0.1, 0.15) is 17.3 Å². The molecule has 96 valence electrons. The quantitative estimate of drug-likeness (QED) is 0.748. The number of pyridine rings is 1. The molecule has 0 aromatic carbocycles. The largest absolute Gasteiger partial charge is 0.354 e. The van der Waals surface area contributed by atoms with Crippen LogP contribution < -0.4 is 5.84 Å². The molecule has 1 fully saturated rings. The summed E-state index contributed by atoms with van der Waals surface area (Å²) in [5, 5.41) is 5.85. The monoisotopic (exact) mass is 247 g/mol. The van der Waals surface area contributed by atoms with Gasteiger partial charge in [-0.25, -0.2) is 5.01 Å². The Balaban J connectivity index is 2.07.